The minimum atomic E-state index is -1.20. The Balaban J connectivity index is 1.68. The Labute approximate surface area is 535 Å². The molecule has 0 bridgehead atoms. The molecule has 0 saturated carbocycles. The van der Waals surface area contributed by atoms with Crippen LogP contribution in [0.25, 0.3) is 37.9 Å². The molecule has 0 unspecified atom stereocenters. The van der Waals surface area contributed by atoms with E-state index in [9.17, 15) is 25.1 Å². The third-order valence-electron chi connectivity index (χ3n) is 17.3. The Morgan fingerprint density at radius 2 is 0.770 bits per heavy atom. The summed E-state index contributed by atoms with van der Waals surface area (Å²) < 4.78 is 0. The van der Waals surface area contributed by atoms with Gasteiger partial charge in [0.15, 0.2) is 0 Å². The van der Waals surface area contributed by atoms with E-state index >= 15 is 0 Å². The van der Waals surface area contributed by atoms with Gasteiger partial charge in [-0.25, -0.2) is 9.64 Å². The maximum atomic E-state index is 12.2. The zero-order chi connectivity index (χ0) is 62.3. The summed E-state index contributed by atoms with van der Waals surface area (Å²) in [6, 6.07) is 29.7. The molecule has 5 rings (SSSR count). The molecule has 0 atom stereocenters. The summed E-state index contributed by atoms with van der Waals surface area (Å²) in [5, 5.41) is 29.7. The zero-order valence-corrected chi connectivity index (χ0v) is 56.2. The second-order valence-corrected chi connectivity index (χ2v) is 26.8. The quantitative estimate of drug-likeness (QED) is 0.0174. The number of anilines is 3. The third kappa shape index (κ3) is 25.7. The number of aryl methyl sites for hydroxylation is 5. The van der Waals surface area contributed by atoms with E-state index in [1.165, 1.54) is 203 Å². The van der Waals surface area contributed by atoms with Crippen molar-refractivity contribution < 1.29 is 19.8 Å². The van der Waals surface area contributed by atoms with Crippen molar-refractivity contribution in [2.75, 3.05) is 4.90 Å². The van der Waals surface area contributed by atoms with Crippen LogP contribution < -0.4 is 4.90 Å². The highest BCUT2D eigenvalue weighted by molar-refractivity contribution is 7.17. The Kier molecular flexibility index (Phi) is 35.6. The highest BCUT2D eigenvalue weighted by atomic mass is 32.1. The first-order valence-corrected chi connectivity index (χ1v) is 36.3. The first-order chi connectivity index (χ1) is 42.6. The normalized spacial score (nSPS) is 11.8. The van der Waals surface area contributed by atoms with Gasteiger partial charge in [-0.1, -0.05) is 245 Å². The topological polar surface area (TPSA) is 106 Å². The lowest BCUT2D eigenvalue weighted by atomic mass is 9.94. The number of nitrogens with zero attached hydrogens (tertiary/aromatic N) is 3. The van der Waals surface area contributed by atoms with Gasteiger partial charge in [0.2, 0.25) is 0 Å². The highest BCUT2D eigenvalue weighted by Crippen LogP contribution is 2.45. The molecule has 0 saturated heterocycles. The summed E-state index contributed by atoms with van der Waals surface area (Å²) in [6.07, 6.45) is 49.7. The smallest absolute Gasteiger partial charge is 0.346 e. The first kappa shape index (κ1) is 72.0. The number of carbonyl (C=O) groups is 2. The van der Waals surface area contributed by atoms with Gasteiger partial charge in [-0.2, -0.15) is 5.26 Å². The number of carboxylic acid groups (broad SMARTS) is 2. The van der Waals surface area contributed by atoms with Crippen LogP contribution in [0.3, 0.4) is 0 Å². The second-order valence-electron chi connectivity index (χ2n) is 24.6. The summed E-state index contributed by atoms with van der Waals surface area (Å²) in [7, 11) is 0. The molecule has 5 aromatic rings. The van der Waals surface area contributed by atoms with E-state index in [0.717, 1.165) is 123 Å². The van der Waals surface area contributed by atoms with E-state index in [1.54, 1.807) is 34.8 Å². The SMILES string of the molecule is [C-]#[N+]/C(=C\c1cc(CCCCCC)c(-c2ccc(N(c3ccc(CCCCCCCCCCCC)cc3)c3ccc(-c4sc(/C=C(\C#N)C(=O)O)cc4CCCCCC)c(CCCCCCCCCC)c3)cc2CCCCCCCCCC)s1)C(=O)O. The summed E-state index contributed by atoms with van der Waals surface area (Å²) in [5.74, 6) is -2.40. The standard InChI is InChI=1S/C78H109N3O4S2/c1-7-12-17-22-25-28-29-30-33-36-41-61-46-48-67(49-47-61)81(68-50-52-72(62(54-68)42-39-34-31-26-23-18-13-8-2)75-64(44-37-20-15-10-4)56-70(86-75)58-66(60-79)77(82)83)69-51-53-73(63(55-69)43-40-35-32-27-24-19-14-9-3)76-65(45-38-21-16-11-5)57-71(87-76)59-74(80-6)78(84)85/h46-59H,7-45H2,1-5H3,(H,82,83)(H,84,85)/b66-58+,74-59-. The molecule has 0 aliphatic rings. The predicted molar refractivity (Wildman–Crippen MR) is 375 cm³/mol. The van der Waals surface area contributed by atoms with E-state index in [1.807, 2.05) is 6.07 Å². The van der Waals surface area contributed by atoms with E-state index < -0.39 is 11.9 Å². The van der Waals surface area contributed by atoms with Crippen LogP contribution in [0.5, 0.6) is 0 Å². The molecule has 9 heteroatoms. The maximum absolute atomic E-state index is 12.2. The minimum Gasteiger partial charge on any atom is -0.486 e. The molecule has 0 fully saturated rings. The molecule has 2 aromatic heterocycles. The zero-order valence-electron chi connectivity index (χ0n) is 54.5. The van der Waals surface area contributed by atoms with Gasteiger partial charge < -0.3 is 15.1 Å². The van der Waals surface area contributed by atoms with Gasteiger partial charge in [0.25, 0.3) is 5.70 Å². The van der Waals surface area contributed by atoms with E-state index in [2.05, 4.69) is 117 Å². The predicted octanol–water partition coefficient (Wildman–Crippen LogP) is 25.0. The molecule has 0 aliphatic heterocycles. The van der Waals surface area contributed by atoms with Gasteiger partial charge in [-0.15, -0.1) is 22.7 Å². The first-order valence-electron chi connectivity index (χ1n) is 34.7. The monoisotopic (exact) mass is 1220 g/mol. The molecule has 472 valence electrons. The highest BCUT2D eigenvalue weighted by Gasteiger charge is 2.23. The molecule has 7 nitrogen and oxygen atoms in total. The third-order valence-corrected chi connectivity index (χ3v) is 19.6. The number of thiophene rings is 2. The Morgan fingerprint density at radius 1 is 0.437 bits per heavy atom. The van der Waals surface area contributed by atoms with Gasteiger partial charge in [-0.3, -0.25) is 4.79 Å². The lowest BCUT2D eigenvalue weighted by molar-refractivity contribution is -0.133. The molecule has 87 heavy (non-hydrogen) atoms. The Morgan fingerprint density at radius 3 is 1.13 bits per heavy atom. The minimum absolute atomic E-state index is 0.250. The van der Waals surface area contributed by atoms with Crippen molar-refractivity contribution >= 4 is 63.8 Å². The number of rotatable bonds is 48. The summed E-state index contributed by atoms with van der Waals surface area (Å²) in [4.78, 5) is 34.2. The fraction of sp³-hybridized carbons (Fsp3) is 0.564. The fourth-order valence-corrected chi connectivity index (χ4v) is 14.6. The van der Waals surface area contributed by atoms with E-state index in [-0.39, 0.29) is 11.3 Å². The summed E-state index contributed by atoms with van der Waals surface area (Å²) in [6.45, 7) is 19.0. The van der Waals surface area contributed by atoms with Crippen LogP contribution >= 0.6 is 22.7 Å². The molecule has 0 spiro atoms. The number of aliphatic carboxylic acids is 2. The van der Waals surface area contributed by atoms with Crippen LogP contribution in [-0.4, -0.2) is 22.2 Å². The van der Waals surface area contributed by atoms with Crippen LogP contribution in [-0.2, 0) is 41.7 Å². The number of hydrogen-bond donors (Lipinski definition) is 2. The van der Waals surface area contributed by atoms with E-state index in [0.29, 0.717) is 0 Å². The van der Waals surface area contributed by atoms with Gasteiger partial charge in [-0.05, 0) is 164 Å². The molecular formula is C78H109N3O4S2. The summed E-state index contributed by atoms with van der Waals surface area (Å²) >= 11 is 3.23. The van der Waals surface area contributed by atoms with Crippen molar-refractivity contribution in [3.05, 3.63) is 133 Å². The van der Waals surface area contributed by atoms with Crippen molar-refractivity contribution in [1.29, 1.82) is 5.26 Å². The van der Waals surface area contributed by atoms with Crippen molar-refractivity contribution in [2.24, 2.45) is 0 Å². The molecule has 0 amide bonds. The van der Waals surface area contributed by atoms with Crippen LogP contribution in [0.1, 0.15) is 290 Å². The number of carboxylic acids is 2. The number of benzene rings is 3. The Bertz CT molecular complexity index is 2760. The molecule has 2 N–H and O–H groups in total. The summed E-state index contributed by atoms with van der Waals surface area (Å²) in [5.41, 5.74) is 11.6. The number of hydrogen-bond acceptors (Lipinski definition) is 6. The van der Waals surface area contributed by atoms with Crippen molar-refractivity contribution in [3.8, 4) is 27.0 Å². The lowest BCUT2D eigenvalue weighted by Gasteiger charge is -2.28. The van der Waals surface area contributed by atoms with Gasteiger partial charge >= 0.3 is 11.9 Å². The van der Waals surface area contributed by atoms with Gasteiger partial charge in [0.1, 0.15) is 11.6 Å². The molecule has 0 radical (unpaired) electrons. The largest absolute Gasteiger partial charge is 0.486 e. The van der Waals surface area contributed by atoms with E-state index in [4.69, 9.17) is 6.57 Å². The van der Waals surface area contributed by atoms with Crippen molar-refractivity contribution in [2.45, 2.75) is 285 Å². The second kappa shape index (κ2) is 43.0. The van der Waals surface area contributed by atoms with Crippen molar-refractivity contribution in [3.63, 3.8) is 0 Å². The van der Waals surface area contributed by atoms with Crippen molar-refractivity contribution in [1.82, 2.24) is 0 Å². The average Bonchev–Trinajstić information content (AvgIpc) is 4.05. The van der Waals surface area contributed by atoms with Gasteiger partial charge in [0.05, 0.1) is 6.57 Å². The van der Waals surface area contributed by atoms with Crippen LogP contribution in [0.15, 0.2) is 84.1 Å². The molecule has 0 aliphatic carbocycles. The number of unbranched alkanes of at least 4 members (excludes halogenated alkanes) is 29. The van der Waals surface area contributed by atoms with Crippen LogP contribution in [0, 0.1) is 17.9 Å². The fourth-order valence-electron chi connectivity index (χ4n) is 12.2. The van der Waals surface area contributed by atoms with Crippen LogP contribution in [0.2, 0.25) is 0 Å². The van der Waals surface area contributed by atoms with Crippen LogP contribution in [0.4, 0.5) is 17.1 Å². The molecular weight excluding hydrogens is 1110 g/mol. The van der Waals surface area contributed by atoms with Gasteiger partial charge in [0, 0.05) is 36.6 Å². The Hall–Kier alpha value is -5.74. The average molecular weight is 1220 g/mol. The molecule has 2 heterocycles. The molecule has 3 aromatic carbocycles. The lowest BCUT2D eigenvalue weighted by Crippen LogP contribution is -2.11. The maximum Gasteiger partial charge on any atom is 0.346 e. The number of nitriles is 1.